The minimum absolute atomic E-state index is 0.256. The first-order valence-corrected chi connectivity index (χ1v) is 10.2. The maximum absolute atomic E-state index is 13.6. The van der Waals surface area contributed by atoms with Gasteiger partial charge in [0.1, 0.15) is 11.7 Å². The Bertz CT molecular complexity index is 1190. The largest absolute Gasteiger partial charge is 0.297 e. The van der Waals surface area contributed by atoms with Crippen molar-refractivity contribution >= 4 is 46.4 Å². The predicted octanol–water partition coefficient (Wildman–Crippen LogP) is 5.60. The molecule has 1 fully saturated rings. The van der Waals surface area contributed by atoms with Crippen molar-refractivity contribution in [3.63, 3.8) is 0 Å². The molecule has 3 aromatic rings. The number of amides is 1. The van der Waals surface area contributed by atoms with Crippen molar-refractivity contribution in [2.75, 3.05) is 4.90 Å². The zero-order valence-corrected chi connectivity index (χ0v) is 17.8. The van der Waals surface area contributed by atoms with E-state index in [-0.39, 0.29) is 5.56 Å². The van der Waals surface area contributed by atoms with Gasteiger partial charge in [-0.1, -0.05) is 41.4 Å². The second-order valence-electron chi connectivity index (χ2n) is 7.32. The van der Waals surface area contributed by atoms with Crippen LogP contribution in [0.5, 0.6) is 0 Å². The number of anilines is 1. The topological polar surface area (TPSA) is 54.5 Å². The Labute approximate surface area is 188 Å². The second kappa shape index (κ2) is 8.25. The first-order chi connectivity index (χ1) is 14.8. The Hall–Kier alpha value is -3.02. The fourth-order valence-electron chi connectivity index (χ4n) is 3.74. The monoisotopic (exact) mass is 455 g/mol. The predicted molar refractivity (Wildman–Crippen MR) is 117 cm³/mol. The lowest BCUT2D eigenvalue weighted by Crippen LogP contribution is -2.30. The molecule has 1 amide bonds. The zero-order chi connectivity index (χ0) is 22.3. The van der Waals surface area contributed by atoms with E-state index in [1.54, 1.807) is 30.3 Å². The summed E-state index contributed by atoms with van der Waals surface area (Å²) in [6, 6.07) is 15.5. The molecule has 1 saturated heterocycles. The average molecular weight is 456 g/mol. The first-order valence-electron chi connectivity index (χ1n) is 9.46. The summed E-state index contributed by atoms with van der Waals surface area (Å²) in [7, 11) is 0. The number of nitrogens with zero attached hydrogens (tertiary/aromatic N) is 1. The minimum atomic E-state index is -1.29. The summed E-state index contributed by atoms with van der Waals surface area (Å²) in [5.41, 5.74) is 1.90. The number of carbonyl (C=O) groups excluding carboxylic acids is 3. The van der Waals surface area contributed by atoms with Crippen molar-refractivity contribution in [2.45, 2.75) is 13.0 Å². The van der Waals surface area contributed by atoms with Crippen LogP contribution in [0.15, 0.2) is 66.7 Å². The van der Waals surface area contributed by atoms with Crippen molar-refractivity contribution in [1.29, 1.82) is 0 Å². The number of benzene rings is 3. The number of ketones is 2. The Morgan fingerprint density at radius 1 is 0.935 bits per heavy atom. The molecule has 4 nitrogen and oxygen atoms in total. The van der Waals surface area contributed by atoms with Crippen molar-refractivity contribution in [3.05, 3.63) is 99.3 Å². The van der Waals surface area contributed by atoms with Gasteiger partial charge in [-0.3, -0.25) is 19.3 Å². The second-order valence-corrected chi connectivity index (χ2v) is 8.16. The van der Waals surface area contributed by atoms with Gasteiger partial charge in [-0.25, -0.2) is 4.39 Å². The molecule has 0 bridgehead atoms. The third kappa shape index (κ3) is 3.87. The Balaban J connectivity index is 1.86. The molecule has 1 aliphatic rings. The van der Waals surface area contributed by atoms with Gasteiger partial charge in [0.2, 0.25) is 5.78 Å². The summed E-state index contributed by atoms with van der Waals surface area (Å²) in [4.78, 5) is 40.7. The van der Waals surface area contributed by atoms with Gasteiger partial charge in [-0.05, 0) is 66.6 Å². The maximum atomic E-state index is 13.6. The quantitative estimate of drug-likeness (QED) is 0.292. The molecule has 1 heterocycles. The molecule has 0 saturated carbocycles. The fourth-order valence-corrected chi connectivity index (χ4v) is 4.04. The van der Waals surface area contributed by atoms with Crippen molar-refractivity contribution in [3.8, 4) is 0 Å². The Kier molecular flexibility index (Phi) is 5.65. The van der Waals surface area contributed by atoms with Gasteiger partial charge in [0, 0.05) is 21.3 Å². The Morgan fingerprint density at radius 2 is 1.58 bits per heavy atom. The van der Waals surface area contributed by atoms with E-state index in [9.17, 15) is 18.8 Å². The highest BCUT2D eigenvalue weighted by Crippen LogP contribution is 2.42. The molecule has 1 aliphatic heterocycles. The first kappa shape index (κ1) is 21.2. The van der Waals surface area contributed by atoms with Crippen LogP contribution in [-0.2, 0) is 9.59 Å². The van der Waals surface area contributed by atoms with E-state index in [1.165, 1.54) is 41.3 Å². The van der Waals surface area contributed by atoms with Crippen molar-refractivity contribution in [2.24, 2.45) is 5.92 Å². The third-order valence-corrected chi connectivity index (χ3v) is 6.02. The van der Waals surface area contributed by atoms with Crippen LogP contribution in [0.4, 0.5) is 10.1 Å². The fraction of sp³-hybridized carbons (Fsp3) is 0.125. The highest BCUT2D eigenvalue weighted by molar-refractivity contribution is 6.49. The molecule has 156 valence electrons. The van der Waals surface area contributed by atoms with Gasteiger partial charge in [0.15, 0.2) is 5.78 Å². The lowest BCUT2D eigenvalue weighted by molar-refractivity contribution is -0.135. The van der Waals surface area contributed by atoms with E-state index in [2.05, 4.69) is 0 Å². The smallest absolute Gasteiger partial charge is 0.295 e. The van der Waals surface area contributed by atoms with E-state index in [4.69, 9.17) is 23.2 Å². The Morgan fingerprint density at radius 3 is 2.19 bits per heavy atom. The molecule has 0 N–H and O–H groups in total. The molecular weight excluding hydrogens is 440 g/mol. The summed E-state index contributed by atoms with van der Waals surface area (Å²) >= 11 is 12.2. The molecular formula is C24H16Cl2FNO3. The van der Waals surface area contributed by atoms with E-state index in [0.29, 0.717) is 21.3 Å². The van der Waals surface area contributed by atoms with Gasteiger partial charge in [0.05, 0.1) is 6.04 Å². The standard InChI is InChI=1S/C24H16Cl2FNO3/c1-13-2-11-18(12-19(13)26)28-21(14-5-9-17(27)10-6-14)20(23(30)24(28)31)22(29)15-3-7-16(25)8-4-15/h2-12,20-21H,1H3. The van der Waals surface area contributed by atoms with Gasteiger partial charge in [0.25, 0.3) is 5.91 Å². The van der Waals surface area contributed by atoms with Crippen LogP contribution in [0.1, 0.15) is 27.5 Å². The number of hydrogen-bond donors (Lipinski definition) is 0. The van der Waals surface area contributed by atoms with E-state index < -0.39 is 35.3 Å². The summed E-state index contributed by atoms with van der Waals surface area (Å²) in [6.45, 7) is 1.81. The van der Waals surface area contributed by atoms with Crippen LogP contribution in [0.2, 0.25) is 10.0 Å². The molecule has 3 aromatic carbocycles. The number of aryl methyl sites for hydroxylation is 1. The summed E-state index contributed by atoms with van der Waals surface area (Å²) in [5, 5.41) is 0.861. The van der Waals surface area contributed by atoms with Crippen LogP contribution in [0.25, 0.3) is 0 Å². The van der Waals surface area contributed by atoms with Gasteiger partial charge < -0.3 is 0 Å². The maximum Gasteiger partial charge on any atom is 0.295 e. The molecule has 0 radical (unpaired) electrons. The highest BCUT2D eigenvalue weighted by Gasteiger charge is 2.52. The van der Waals surface area contributed by atoms with Crippen molar-refractivity contribution in [1.82, 2.24) is 0 Å². The summed E-state index contributed by atoms with van der Waals surface area (Å²) in [6.07, 6.45) is 0. The lowest BCUT2D eigenvalue weighted by Gasteiger charge is -2.27. The number of rotatable bonds is 4. The van der Waals surface area contributed by atoms with E-state index >= 15 is 0 Å². The molecule has 0 aromatic heterocycles. The third-order valence-electron chi connectivity index (χ3n) is 5.36. The molecule has 31 heavy (non-hydrogen) atoms. The minimum Gasteiger partial charge on any atom is -0.297 e. The van der Waals surface area contributed by atoms with Gasteiger partial charge >= 0.3 is 0 Å². The molecule has 7 heteroatoms. The highest BCUT2D eigenvalue weighted by atomic mass is 35.5. The normalized spacial score (nSPS) is 18.5. The van der Waals surface area contributed by atoms with Gasteiger partial charge in [-0.15, -0.1) is 0 Å². The summed E-state index contributed by atoms with van der Waals surface area (Å²) in [5.74, 6) is -3.92. The number of halogens is 3. The lowest BCUT2D eigenvalue weighted by atomic mass is 9.86. The molecule has 2 atom stereocenters. The van der Waals surface area contributed by atoms with E-state index in [0.717, 1.165) is 5.56 Å². The number of Topliss-reactive ketones (excluding diaryl/α,β-unsaturated/α-hetero) is 2. The van der Waals surface area contributed by atoms with Crippen molar-refractivity contribution < 1.29 is 18.8 Å². The van der Waals surface area contributed by atoms with Crippen LogP contribution in [0, 0.1) is 18.7 Å². The van der Waals surface area contributed by atoms with E-state index in [1.807, 2.05) is 6.92 Å². The van der Waals surface area contributed by atoms with Crippen LogP contribution >= 0.6 is 23.2 Å². The molecule has 2 unspecified atom stereocenters. The van der Waals surface area contributed by atoms with Crippen LogP contribution < -0.4 is 4.90 Å². The molecule has 4 rings (SSSR count). The number of hydrogen-bond acceptors (Lipinski definition) is 3. The SMILES string of the molecule is Cc1ccc(N2C(=O)C(=O)C(C(=O)c3ccc(Cl)cc3)C2c2ccc(F)cc2)cc1Cl. The zero-order valence-electron chi connectivity index (χ0n) is 16.3. The van der Waals surface area contributed by atoms with Crippen LogP contribution in [0.3, 0.4) is 0 Å². The number of carbonyl (C=O) groups is 3. The summed E-state index contributed by atoms with van der Waals surface area (Å²) < 4.78 is 13.6. The molecule has 0 aliphatic carbocycles. The van der Waals surface area contributed by atoms with Gasteiger partial charge in [-0.2, -0.15) is 0 Å². The van der Waals surface area contributed by atoms with Crippen LogP contribution in [-0.4, -0.2) is 17.5 Å². The average Bonchev–Trinajstić information content (AvgIpc) is 3.01. The molecule has 0 spiro atoms.